The van der Waals surface area contributed by atoms with Gasteiger partial charge in [0.2, 0.25) is 5.91 Å². The molecule has 0 unspecified atom stereocenters. The zero-order chi connectivity index (χ0) is 13.7. The zero-order valence-electron chi connectivity index (χ0n) is 10.7. The van der Waals surface area contributed by atoms with E-state index in [1.165, 1.54) is 10.9 Å². The van der Waals surface area contributed by atoms with Crippen LogP contribution in [0, 0.1) is 0 Å². The Balaban J connectivity index is 1.85. The molecule has 3 N–H and O–H groups in total. The molecule has 0 radical (unpaired) electrons. The number of aromatic nitrogens is 1. The third-order valence-corrected chi connectivity index (χ3v) is 3.92. The number of amides is 1. The minimum Gasteiger partial charge on any atom is -0.347 e. The molecule has 1 heterocycles. The number of aryl methyl sites for hydroxylation is 1. The van der Waals surface area contributed by atoms with Crippen molar-refractivity contribution in [3.63, 3.8) is 0 Å². The Hall–Kier alpha value is -1.33. The Bertz CT molecular complexity index is 565. The van der Waals surface area contributed by atoms with Crippen LogP contribution < -0.4 is 11.3 Å². The van der Waals surface area contributed by atoms with Crippen LogP contribution in [0.15, 0.2) is 34.9 Å². The van der Waals surface area contributed by atoms with Crippen molar-refractivity contribution in [2.45, 2.75) is 32.2 Å². The van der Waals surface area contributed by atoms with Crippen molar-refractivity contribution < 1.29 is 4.79 Å². The third-order valence-electron chi connectivity index (χ3n) is 3.22. The predicted molar refractivity (Wildman–Crippen MR) is 80.4 cm³/mol. The average Bonchev–Trinajstić information content (AvgIpc) is 2.83. The first-order chi connectivity index (χ1) is 9.22. The van der Waals surface area contributed by atoms with Gasteiger partial charge in [0.25, 0.3) is 0 Å². The molecule has 0 bridgehead atoms. The first-order valence-corrected chi connectivity index (χ1v) is 7.24. The van der Waals surface area contributed by atoms with Gasteiger partial charge >= 0.3 is 0 Å². The number of benzene rings is 1. The van der Waals surface area contributed by atoms with Crippen molar-refractivity contribution in [1.29, 1.82) is 0 Å². The summed E-state index contributed by atoms with van der Waals surface area (Å²) in [5.41, 5.74) is 3.40. The second kappa shape index (κ2) is 6.73. The molecule has 0 aliphatic heterocycles. The van der Waals surface area contributed by atoms with Crippen LogP contribution in [0.1, 0.15) is 25.7 Å². The molecule has 4 nitrogen and oxygen atoms in total. The van der Waals surface area contributed by atoms with Crippen molar-refractivity contribution in [2.24, 2.45) is 5.84 Å². The van der Waals surface area contributed by atoms with Gasteiger partial charge in [-0.05, 0) is 31.0 Å². The molecule has 0 saturated heterocycles. The molecule has 5 heteroatoms. The maximum Gasteiger partial charge on any atom is 0.233 e. The maximum atomic E-state index is 11.0. The van der Waals surface area contributed by atoms with Crippen LogP contribution in [-0.2, 0) is 11.3 Å². The highest BCUT2D eigenvalue weighted by molar-refractivity contribution is 9.10. The molecule has 1 aromatic heterocycles. The molecule has 102 valence electrons. The largest absolute Gasteiger partial charge is 0.347 e. The SMILES string of the molecule is NNC(=O)CCCCCn1ccc2c(Br)cccc21. The number of carbonyl (C=O) groups is 1. The number of nitrogens with zero attached hydrogens (tertiary/aromatic N) is 1. The number of rotatable bonds is 6. The number of hydrogen-bond acceptors (Lipinski definition) is 2. The number of hydrogen-bond donors (Lipinski definition) is 2. The molecule has 1 amide bonds. The van der Waals surface area contributed by atoms with Crippen LogP contribution >= 0.6 is 15.9 Å². The quantitative estimate of drug-likeness (QED) is 0.371. The van der Waals surface area contributed by atoms with Gasteiger partial charge in [-0.3, -0.25) is 10.2 Å². The van der Waals surface area contributed by atoms with Crippen LogP contribution in [0.2, 0.25) is 0 Å². The van der Waals surface area contributed by atoms with E-state index in [1.807, 2.05) is 0 Å². The summed E-state index contributed by atoms with van der Waals surface area (Å²) in [4.78, 5) is 11.0. The van der Waals surface area contributed by atoms with Gasteiger partial charge in [0.15, 0.2) is 0 Å². The third kappa shape index (κ3) is 3.58. The molecule has 0 saturated carbocycles. The lowest BCUT2D eigenvalue weighted by atomic mass is 10.2. The number of halogens is 1. The Kier molecular flexibility index (Phi) is 4.99. The van der Waals surface area contributed by atoms with Gasteiger partial charge in [0.05, 0.1) is 0 Å². The lowest BCUT2D eigenvalue weighted by Crippen LogP contribution is -2.29. The fourth-order valence-electron chi connectivity index (χ4n) is 2.20. The van der Waals surface area contributed by atoms with Crippen molar-refractivity contribution in [2.75, 3.05) is 0 Å². The molecule has 0 fully saturated rings. The zero-order valence-corrected chi connectivity index (χ0v) is 12.3. The highest BCUT2D eigenvalue weighted by Gasteiger charge is 2.03. The fraction of sp³-hybridized carbons (Fsp3) is 0.357. The lowest BCUT2D eigenvalue weighted by Gasteiger charge is -2.05. The van der Waals surface area contributed by atoms with Crippen molar-refractivity contribution in [1.82, 2.24) is 9.99 Å². The van der Waals surface area contributed by atoms with Crippen molar-refractivity contribution in [3.8, 4) is 0 Å². The van der Waals surface area contributed by atoms with E-state index in [2.05, 4.69) is 56.4 Å². The van der Waals surface area contributed by atoms with Gasteiger partial charge in [-0.1, -0.05) is 28.4 Å². The van der Waals surface area contributed by atoms with Gasteiger partial charge in [-0.25, -0.2) is 5.84 Å². The van der Waals surface area contributed by atoms with Gasteiger partial charge < -0.3 is 4.57 Å². The van der Waals surface area contributed by atoms with E-state index >= 15 is 0 Å². The molecule has 19 heavy (non-hydrogen) atoms. The van der Waals surface area contributed by atoms with E-state index in [1.54, 1.807) is 0 Å². The Morgan fingerprint density at radius 1 is 1.26 bits per heavy atom. The summed E-state index contributed by atoms with van der Waals surface area (Å²) in [5, 5.41) is 1.24. The summed E-state index contributed by atoms with van der Waals surface area (Å²) >= 11 is 3.56. The summed E-state index contributed by atoms with van der Waals surface area (Å²) < 4.78 is 3.38. The number of carbonyl (C=O) groups excluding carboxylic acids is 1. The maximum absolute atomic E-state index is 11.0. The van der Waals surface area contributed by atoms with E-state index in [0.717, 1.165) is 30.3 Å². The highest BCUT2D eigenvalue weighted by Crippen LogP contribution is 2.24. The van der Waals surface area contributed by atoms with Crippen LogP contribution in [-0.4, -0.2) is 10.5 Å². The smallest absolute Gasteiger partial charge is 0.233 e. The Morgan fingerprint density at radius 3 is 2.89 bits per heavy atom. The lowest BCUT2D eigenvalue weighted by molar-refractivity contribution is -0.121. The summed E-state index contributed by atoms with van der Waals surface area (Å²) in [5.74, 6) is 4.94. The van der Waals surface area contributed by atoms with Crippen LogP contribution in [0.25, 0.3) is 10.9 Å². The molecule has 0 spiro atoms. The number of fused-ring (bicyclic) bond motifs is 1. The number of unbranched alkanes of at least 4 members (excludes halogenated alkanes) is 2. The first-order valence-electron chi connectivity index (χ1n) is 6.45. The minimum atomic E-state index is -0.0876. The molecule has 0 aliphatic carbocycles. The minimum absolute atomic E-state index is 0.0876. The van der Waals surface area contributed by atoms with E-state index < -0.39 is 0 Å². The summed E-state index contributed by atoms with van der Waals surface area (Å²) in [6, 6.07) is 8.36. The summed E-state index contributed by atoms with van der Waals surface area (Å²) in [6.07, 6.45) is 5.59. The Labute approximate surface area is 121 Å². The van der Waals surface area contributed by atoms with Gasteiger partial charge in [-0.2, -0.15) is 0 Å². The van der Waals surface area contributed by atoms with Gasteiger partial charge in [-0.15, -0.1) is 0 Å². The molecule has 2 rings (SSSR count). The normalized spacial score (nSPS) is 10.8. The van der Waals surface area contributed by atoms with Gasteiger partial charge in [0, 0.05) is 34.5 Å². The van der Waals surface area contributed by atoms with E-state index in [4.69, 9.17) is 5.84 Å². The van der Waals surface area contributed by atoms with Gasteiger partial charge in [0.1, 0.15) is 0 Å². The molecule has 0 atom stereocenters. The molecule has 2 aromatic rings. The molecule has 1 aromatic carbocycles. The second-order valence-electron chi connectivity index (χ2n) is 4.56. The van der Waals surface area contributed by atoms with E-state index in [-0.39, 0.29) is 5.91 Å². The highest BCUT2D eigenvalue weighted by atomic mass is 79.9. The summed E-state index contributed by atoms with van der Waals surface area (Å²) in [6.45, 7) is 0.976. The van der Waals surface area contributed by atoms with Crippen LogP contribution in [0.5, 0.6) is 0 Å². The molecule has 0 aliphatic rings. The van der Waals surface area contributed by atoms with Crippen LogP contribution in [0.3, 0.4) is 0 Å². The van der Waals surface area contributed by atoms with E-state index in [9.17, 15) is 4.79 Å². The van der Waals surface area contributed by atoms with Crippen molar-refractivity contribution in [3.05, 3.63) is 34.9 Å². The monoisotopic (exact) mass is 323 g/mol. The van der Waals surface area contributed by atoms with Crippen molar-refractivity contribution >= 4 is 32.7 Å². The average molecular weight is 324 g/mol. The Morgan fingerprint density at radius 2 is 2.11 bits per heavy atom. The standard InChI is InChI=1S/C14H18BrN3O/c15-12-5-4-6-13-11(12)8-10-18(13)9-3-1-2-7-14(19)17-16/h4-6,8,10H,1-3,7,9,16H2,(H,17,19). The second-order valence-corrected chi connectivity index (χ2v) is 5.41. The number of nitrogens with one attached hydrogen (secondary N) is 1. The molecular weight excluding hydrogens is 306 g/mol. The predicted octanol–water partition coefficient (Wildman–Crippen LogP) is 2.95. The number of nitrogens with two attached hydrogens (primary N) is 1. The fourth-order valence-corrected chi connectivity index (χ4v) is 2.69. The first kappa shape index (κ1) is 14.1. The topological polar surface area (TPSA) is 60.0 Å². The number of hydrazine groups is 1. The summed E-state index contributed by atoms with van der Waals surface area (Å²) in [7, 11) is 0. The molecular formula is C14H18BrN3O. The van der Waals surface area contributed by atoms with Crippen LogP contribution in [0.4, 0.5) is 0 Å². The van der Waals surface area contributed by atoms with E-state index in [0.29, 0.717) is 6.42 Å².